The van der Waals surface area contributed by atoms with E-state index >= 15 is 0 Å². The van der Waals surface area contributed by atoms with E-state index in [1.54, 1.807) is 12.1 Å². The maximum absolute atomic E-state index is 13.1. The minimum absolute atomic E-state index is 0.182. The lowest BCUT2D eigenvalue weighted by molar-refractivity contribution is 0.339. The van der Waals surface area contributed by atoms with Gasteiger partial charge < -0.3 is 10.5 Å². The van der Waals surface area contributed by atoms with Crippen molar-refractivity contribution in [3.63, 3.8) is 0 Å². The van der Waals surface area contributed by atoms with Crippen molar-refractivity contribution in [3.8, 4) is 5.75 Å². The van der Waals surface area contributed by atoms with Gasteiger partial charge in [0.15, 0.2) is 0 Å². The van der Waals surface area contributed by atoms with Gasteiger partial charge in [-0.05, 0) is 42.3 Å². The van der Waals surface area contributed by atoms with Crippen LogP contribution in [0.2, 0.25) is 0 Å². The van der Waals surface area contributed by atoms with Crippen LogP contribution in [-0.2, 0) is 5.41 Å². The number of nitrogens with two attached hydrogens (primary N) is 1. The van der Waals surface area contributed by atoms with Crippen LogP contribution in [0.4, 0.5) is 4.39 Å². The standard InChI is InChI=1S/C18H22FNO/c1-4-21-16-11-5-13(6-12-16)17(20)18(2,3)14-7-9-15(19)10-8-14/h5-12,17H,4,20H2,1-3H3. The lowest BCUT2D eigenvalue weighted by Gasteiger charge is -2.32. The predicted molar refractivity (Wildman–Crippen MR) is 84.0 cm³/mol. The number of hydrogen-bond acceptors (Lipinski definition) is 2. The molecule has 0 aliphatic carbocycles. The van der Waals surface area contributed by atoms with Crippen molar-refractivity contribution in [1.82, 2.24) is 0 Å². The molecule has 21 heavy (non-hydrogen) atoms. The van der Waals surface area contributed by atoms with Crippen molar-refractivity contribution in [1.29, 1.82) is 0 Å². The normalized spacial score (nSPS) is 13.0. The molecule has 0 heterocycles. The lowest BCUT2D eigenvalue weighted by atomic mass is 9.75. The molecular formula is C18H22FNO. The first kappa shape index (κ1) is 15.5. The molecule has 112 valence electrons. The molecule has 0 saturated carbocycles. The van der Waals surface area contributed by atoms with Crippen LogP contribution in [0.15, 0.2) is 48.5 Å². The summed E-state index contributed by atoms with van der Waals surface area (Å²) in [6, 6.07) is 14.2. The largest absolute Gasteiger partial charge is 0.494 e. The van der Waals surface area contributed by atoms with Gasteiger partial charge in [-0.15, -0.1) is 0 Å². The van der Waals surface area contributed by atoms with Crippen molar-refractivity contribution in [2.24, 2.45) is 5.73 Å². The molecule has 0 bridgehead atoms. The zero-order valence-electron chi connectivity index (χ0n) is 12.8. The summed E-state index contributed by atoms with van der Waals surface area (Å²) < 4.78 is 18.5. The molecule has 2 rings (SSSR count). The third kappa shape index (κ3) is 3.42. The van der Waals surface area contributed by atoms with Crippen LogP contribution < -0.4 is 10.5 Å². The summed E-state index contributed by atoms with van der Waals surface area (Å²) in [7, 11) is 0. The second-order valence-corrected chi connectivity index (χ2v) is 5.71. The van der Waals surface area contributed by atoms with E-state index in [4.69, 9.17) is 10.5 Å². The molecule has 0 aliphatic heterocycles. The maximum atomic E-state index is 13.1. The Hall–Kier alpha value is -1.87. The Morgan fingerprint density at radius 2 is 1.62 bits per heavy atom. The van der Waals surface area contributed by atoms with Crippen LogP contribution in [0.25, 0.3) is 0 Å². The molecule has 0 saturated heterocycles. The first-order valence-corrected chi connectivity index (χ1v) is 7.19. The van der Waals surface area contributed by atoms with Crippen LogP contribution in [-0.4, -0.2) is 6.61 Å². The highest BCUT2D eigenvalue weighted by atomic mass is 19.1. The van der Waals surface area contributed by atoms with Gasteiger partial charge in [-0.25, -0.2) is 4.39 Å². The Morgan fingerprint density at radius 1 is 1.05 bits per heavy atom. The molecule has 0 aliphatic rings. The summed E-state index contributed by atoms with van der Waals surface area (Å²) >= 11 is 0. The zero-order valence-corrected chi connectivity index (χ0v) is 12.8. The van der Waals surface area contributed by atoms with E-state index in [1.165, 1.54) is 12.1 Å². The summed E-state index contributed by atoms with van der Waals surface area (Å²) in [4.78, 5) is 0. The quantitative estimate of drug-likeness (QED) is 0.894. The number of hydrogen-bond donors (Lipinski definition) is 1. The van der Waals surface area contributed by atoms with Gasteiger partial charge in [0.05, 0.1) is 6.61 Å². The summed E-state index contributed by atoms with van der Waals surface area (Å²) in [5.41, 5.74) is 8.20. The van der Waals surface area contributed by atoms with Gasteiger partial charge in [0.1, 0.15) is 11.6 Å². The molecule has 0 spiro atoms. The van der Waals surface area contributed by atoms with Crippen LogP contribution in [0.5, 0.6) is 5.75 Å². The SMILES string of the molecule is CCOc1ccc(C(N)C(C)(C)c2ccc(F)cc2)cc1. The van der Waals surface area contributed by atoms with Crippen molar-refractivity contribution >= 4 is 0 Å². The van der Waals surface area contributed by atoms with Gasteiger partial charge >= 0.3 is 0 Å². The van der Waals surface area contributed by atoms with Gasteiger partial charge in [0.25, 0.3) is 0 Å². The highest BCUT2D eigenvalue weighted by molar-refractivity contribution is 5.34. The Morgan fingerprint density at radius 3 is 2.14 bits per heavy atom. The molecule has 2 aromatic carbocycles. The topological polar surface area (TPSA) is 35.2 Å². The minimum Gasteiger partial charge on any atom is -0.494 e. The Kier molecular flexibility index (Phi) is 4.63. The zero-order chi connectivity index (χ0) is 15.5. The molecule has 2 aromatic rings. The minimum atomic E-state index is -0.291. The first-order chi connectivity index (χ1) is 9.95. The smallest absolute Gasteiger partial charge is 0.123 e. The number of halogens is 1. The first-order valence-electron chi connectivity index (χ1n) is 7.19. The summed E-state index contributed by atoms with van der Waals surface area (Å²) in [6.45, 7) is 6.74. The molecule has 1 atom stereocenters. The molecule has 3 heteroatoms. The summed E-state index contributed by atoms with van der Waals surface area (Å²) in [5.74, 6) is 0.609. The Bertz CT molecular complexity index is 575. The molecule has 0 radical (unpaired) electrons. The van der Waals surface area contributed by atoms with Crippen LogP contribution in [0, 0.1) is 5.82 Å². The predicted octanol–water partition coefficient (Wildman–Crippen LogP) is 4.20. The number of rotatable bonds is 5. The second kappa shape index (κ2) is 6.27. The Labute approximate surface area is 125 Å². The molecule has 2 nitrogen and oxygen atoms in total. The van der Waals surface area contributed by atoms with E-state index in [-0.39, 0.29) is 17.3 Å². The average molecular weight is 287 g/mol. The molecule has 0 fully saturated rings. The van der Waals surface area contributed by atoms with Crippen LogP contribution >= 0.6 is 0 Å². The highest BCUT2D eigenvalue weighted by Crippen LogP contribution is 2.35. The fourth-order valence-electron chi connectivity index (χ4n) is 2.41. The van der Waals surface area contributed by atoms with Crippen molar-refractivity contribution in [3.05, 3.63) is 65.5 Å². The monoisotopic (exact) mass is 287 g/mol. The van der Waals surface area contributed by atoms with Gasteiger partial charge in [-0.2, -0.15) is 0 Å². The fraction of sp³-hybridized carbons (Fsp3) is 0.333. The Balaban J connectivity index is 2.24. The lowest BCUT2D eigenvalue weighted by Crippen LogP contribution is -2.33. The van der Waals surface area contributed by atoms with E-state index in [9.17, 15) is 4.39 Å². The second-order valence-electron chi connectivity index (χ2n) is 5.71. The molecule has 0 aromatic heterocycles. The van der Waals surface area contributed by atoms with E-state index in [2.05, 4.69) is 13.8 Å². The van der Waals surface area contributed by atoms with Gasteiger partial charge in [-0.3, -0.25) is 0 Å². The third-order valence-corrected chi connectivity index (χ3v) is 3.92. The maximum Gasteiger partial charge on any atom is 0.123 e. The third-order valence-electron chi connectivity index (χ3n) is 3.92. The van der Waals surface area contributed by atoms with Gasteiger partial charge in [0, 0.05) is 11.5 Å². The molecule has 2 N–H and O–H groups in total. The van der Waals surface area contributed by atoms with Gasteiger partial charge in [-0.1, -0.05) is 38.1 Å². The van der Waals surface area contributed by atoms with E-state index in [1.807, 2.05) is 31.2 Å². The van der Waals surface area contributed by atoms with E-state index in [0.29, 0.717) is 6.61 Å². The average Bonchev–Trinajstić information content (AvgIpc) is 2.48. The number of ether oxygens (including phenoxy) is 1. The molecule has 1 unspecified atom stereocenters. The van der Waals surface area contributed by atoms with Crippen molar-refractivity contribution in [2.45, 2.75) is 32.2 Å². The van der Waals surface area contributed by atoms with Crippen molar-refractivity contribution < 1.29 is 9.13 Å². The van der Waals surface area contributed by atoms with E-state index in [0.717, 1.165) is 16.9 Å². The summed E-state index contributed by atoms with van der Waals surface area (Å²) in [5, 5.41) is 0. The van der Waals surface area contributed by atoms with Crippen LogP contribution in [0.3, 0.4) is 0 Å². The molecule has 0 amide bonds. The van der Waals surface area contributed by atoms with Crippen molar-refractivity contribution in [2.75, 3.05) is 6.61 Å². The van der Waals surface area contributed by atoms with Crippen LogP contribution in [0.1, 0.15) is 37.9 Å². The summed E-state index contributed by atoms with van der Waals surface area (Å²) in [6.07, 6.45) is 0. The number of benzene rings is 2. The van der Waals surface area contributed by atoms with Gasteiger partial charge in [0.2, 0.25) is 0 Å². The highest BCUT2D eigenvalue weighted by Gasteiger charge is 2.29. The molecular weight excluding hydrogens is 265 g/mol. The van der Waals surface area contributed by atoms with E-state index < -0.39 is 0 Å². The fourth-order valence-corrected chi connectivity index (χ4v) is 2.41.